The highest BCUT2D eigenvalue weighted by molar-refractivity contribution is 7.15. The number of ether oxygens (including phenoxy) is 1. The van der Waals surface area contributed by atoms with E-state index >= 15 is 0 Å². The highest BCUT2D eigenvalue weighted by Crippen LogP contribution is 2.32. The number of nitrogens with zero attached hydrogens (tertiary/aromatic N) is 4. The van der Waals surface area contributed by atoms with E-state index in [0.717, 1.165) is 63.1 Å². The van der Waals surface area contributed by atoms with Gasteiger partial charge >= 0.3 is 6.18 Å². The summed E-state index contributed by atoms with van der Waals surface area (Å²) in [6.07, 6.45) is 2.45. The number of hydrogen-bond donors (Lipinski definition) is 1. The van der Waals surface area contributed by atoms with E-state index in [9.17, 15) is 18.0 Å². The Morgan fingerprint density at radius 2 is 1.71 bits per heavy atom. The molecular weight excluding hydrogens is 563 g/mol. The number of carbonyl (C=O) groups is 1. The fourth-order valence-electron chi connectivity index (χ4n) is 5.46. The molecule has 0 spiro atoms. The van der Waals surface area contributed by atoms with E-state index in [4.69, 9.17) is 10.00 Å². The zero-order valence-corrected chi connectivity index (χ0v) is 24.1. The number of benzene rings is 2. The van der Waals surface area contributed by atoms with Crippen molar-refractivity contribution in [2.24, 2.45) is 0 Å². The lowest BCUT2D eigenvalue weighted by molar-refractivity contribution is -0.137. The van der Waals surface area contributed by atoms with Crippen molar-refractivity contribution in [1.82, 2.24) is 15.2 Å². The molecule has 2 saturated heterocycles. The molecule has 1 aromatic heterocycles. The minimum absolute atomic E-state index is 0.0565. The second-order valence-corrected chi connectivity index (χ2v) is 11.8. The molecule has 0 aliphatic carbocycles. The van der Waals surface area contributed by atoms with Gasteiger partial charge in [-0.2, -0.15) is 18.4 Å². The lowest BCUT2D eigenvalue weighted by atomic mass is 10.0. The Hall–Kier alpha value is -3.62. The Labute approximate surface area is 247 Å². The predicted octanol–water partition coefficient (Wildman–Crippen LogP) is 5.91. The first kappa shape index (κ1) is 29.9. The number of alkyl halides is 3. The average molecular weight is 598 g/mol. The van der Waals surface area contributed by atoms with Gasteiger partial charge in [-0.3, -0.25) is 4.79 Å². The van der Waals surface area contributed by atoms with Crippen LogP contribution in [-0.2, 0) is 12.6 Å². The minimum Gasteiger partial charge on any atom is -0.467 e. The number of hydrogen-bond acceptors (Lipinski definition) is 7. The van der Waals surface area contributed by atoms with Crippen molar-refractivity contribution >= 4 is 22.9 Å². The summed E-state index contributed by atoms with van der Waals surface area (Å²) in [6, 6.07) is 15.3. The smallest absolute Gasteiger partial charge is 0.416 e. The topological polar surface area (TPSA) is 81.5 Å². The van der Waals surface area contributed by atoms with Crippen molar-refractivity contribution < 1.29 is 22.7 Å². The van der Waals surface area contributed by atoms with Crippen molar-refractivity contribution in [3.05, 3.63) is 76.3 Å². The van der Waals surface area contributed by atoms with Gasteiger partial charge < -0.3 is 19.9 Å². The van der Waals surface area contributed by atoms with Crippen LogP contribution in [0.5, 0.6) is 5.19 Å². The van der Waals surface area contributed by atoms with Crippen LogP contribution in [0.25, 0.3) is 0 Å². The van der Waals surface area contributed by atoms with Crippen molar-refractivity contribution in [2.45, 2.75) is 56.8 Å². The van der Waals surface area contributed by atoms with Crippen LogP contribution in [0, 0.1) is 11.3 Å². The summed E-state index contributed by atoms with van der Waals surface area (Å²) in [5, 5.41) is 12.5. The van der Waals surface area contributed by atoms with Crippen molar-refractivity contribution in [2.75, 3.05) is 37.6 Å². The quantitative estimate of drug-likeness (QED) is 0.331. The van der Waals surface area contributed by atoms with Gasteiger partial charge in [0.2, 0.25) is 0 Å². The molecule has 3 heterocycles. The molecule has 11 heteroatoms. The number of amides is 1. The number of nitrogens with one attached hydrogen (secondary N) is 1. The number of likely N-dealkylation sites (tertiary alicyclic amines) is 1. The summed E-state index contributed by atoms with van der Waals surface area (Å²) >= 11 is 1.24. The van der Waals surface area contributed by atoms with E-state index in [2.05, 4.69) is 26.2 Å². The van der Waals surface area contributed by atoms with Crippen LogP contribution in [0.1, 0.15) is 58.5 Å². The first-order valence-electron chi connectivity index (χ1n) is 14.3. The van der Waals surface area contributed by atoms with Gasteiger partial charge in [-0.1, -0.05) is 23.5 Å². The Kier molecular flexibility index (Phi) is 9.65. The molecule has 2 aliphatic heterocycles. The van der Waals surface area contributed by atoms with Crippen molar-refractivity contribution in [3.63, 3.8) is 0 Å². The third-order valence-electron chi connectivity index (χ3n) is 7.92. The largest absolute Gasteiger partial charge is 0.467 e. The zero-order valence-electron chi connectivity index (χ0n) is 23.3. The molecule has 2 aromatic carbocycles. The molecule has 1 amide bonds. The Morgan fingerprint density at radius 1 is 1.02 bits per heavy atom. The van der Waals surface area contributed by atoms with Gasteiger partial charge in [0.05, 0.1) is 23.4 Å². The summed E-state index contributed by atoms with van der Waals surface area (Å²) in [6.45, 7) is 4.24. The van der Waals surface area contributed by atoms with Crippen LogP contribution in [0.3, 0.4) is 0 Å². The van der Waals surface area contributed by atoms with Gasteiger partial charge in [-0.25, -0.2) is 4.98 Å². The van der Waals surface area contributed by atoms with Gasteiger partial charge in [0.1, 0.15) is 11.0 Å². The summed E-state index contributed by atoms with van der Waals surface area (Å²) in [7, 11) is 0. The monoisotopic (exact) mass is 597 g/mol. The summed E-state index contributed by atoms with van der Waals surface area (Å²) in [5.41, 5.74) is 2.05. The number of carbonyl (C=O) groups excluding carboxylic acids is 1. The molecule has 7 nitrogen and oxygen atoms in total. The SMILES string of the molecule is N#Cc1ccc(CCCN2CCC(NC(=O)c3cnc(OC4CCN(c5ccc(C(F)(F)F)cc5)CC4)s3)CC2)cc1. The fourth-order valence-corrected chi connectivity index (χ4v) is 6.20. The Morgan fingerprint density at radius 3 is 2.36 bits per heavy atom. The number of aromatic nitrogens is 1. The number of nitriles is 1. The van der Waals surface area contributed by atoms with Gasteiger partial charge in [0.25, 0.3) is 11.1 Å². The van der Waals surface area contributed by atoms with Crippen LogP contribution < -0.4 is 15.0 Å². The highest BCUT2D eigenvalue weighted by atomic mass is 32.1. The van der Waals surface area contributed by atoms with E-state index < -0.39 is 11.7 Å². The Balaban J connectivity index is 0.998. The van der Waals surface area contributed by atoms with Crippen molar-refractivity contribution in [3.8, 4) is 11.3 Å². The second kappa shape index (κ2) is 13.6. The number of halogens is 3. The van der Waals surface area contributed by atoms with Crippen molar-refractivity contribution in [1.29, 1.82) is 5.26 Å². The summed E-state index contributed by atoms with van der Waals surface area (Å²) in [5.74, 6) is -0.126. The van der Waals surface area contributed by atoms with Crippen LogP contribution in [0.15, 0.2) is 54.7 Å². The normalized spacial score (nSPS) is 17.1. The molecule has 5 rings (SSSR count). The van der Waals surface area contributed by atoms with Gasteiger partial charge in [-0.15, -0.1) is 0 Å². The lowest BCUT2D eigenvalue weighted by Gasteiger charge is -2.33. The molecule has 222 valence electrons. The fraction of sp³-hybridized carbons (Fsp3) is 0.452. The van der Waals surface area contributed by atoms with E-state index in [0.29, 0.717) is 41.6 Å². The molecule has 42 heavy (non-hydrogen) atoms. The van der Waals surface area contributed by atoms with Gasteiger partial charge in [0, 0.05) is 50.7 Å². The second-order valence-electron chi connectivity index (χ2n) is 10.8. The molecular formula is C31H34F3N5O2S. The molecule has 3 aromatic rings. The number of anilines is 1. The first-order chi connectivity index (χ1) is 20.3. The number of thiazole rings is 1. The van der Waals surface area contributed by atoms with Crippen LogP contribution in [0.4, 0.5) is 18.9 Å². The minimum atomic E-state index is -4.34. The molecule has 2 aliphatic rings. The van der Waals surface area contributed by atoms with Gasteiger partial charge in [0.15, 0.2) is 0 Å². The first-order valence-corrected chi connectivity index (χ1v) is 15.2. The molecule has 1 N–H and O–H groups in total. The molecule has 0 radical (unpaired) electrons. The predicted molar refractivity (Wildman–Crippen MR) is 156 cm³/mol. The van der Waals surface area contributed by atoms with E-state index in [-0.39, 0.29) is 18.1 Å². The summed E-state index contributed by atoms with van der Waals surface area (Å²) in [4.78, 5) is 22.2. The third kappa shape index (κ3) is 8.01. The van der Waals surface area contributed by atoms with E-state index in [1.165, 1.54) is 29.0 Å². The Bertz CT molecular complexity index is 1350. The molecule has 2 fully saturated rings. The van der Waals surface area contributed by atoms with Crippen LogP contribution >= 0.6 is 11.3 Å². The maximum atomic E-state index is 12.9. The molecule has 0 bridgehead atoms. The molecule has 0 atom stereocenters. The standard InChI is InChI=1S/C31H34F3N5O2S/c32-31(33,34)24-7-9-26(10-8-24)39-18-13-27(14-19-39)41-30-36-21-28(42-30)29(40)37-25-11-16-38(17-12-25)15-1-2-22-3-5-23(20-35)6-4-22/h3-10,21,25,27H,1-2,11-19H2,(H,37,40). The van der Waals surface area contributed by atoms with Gasteiger partial charge in [-0.05, 0) is 74.2 Å². The lowest BCUT2D eigenvalue weighted by Crippen LogP contribution is -2.44. The van der Waals surface area contributed by atoms with Crippen LogP contribution in [-0.4, -0.2) is 60.7 Å². The third-order valence-corrected chi connectivity index (χ3v) is 8.81. The summed E-state index contributed by atoms with van der Waals surface area (Å²) < 4.78 is 44.6. The van der Waals surface area contributed by atoms with E-state index in [1.54, 1.807) is 6.20 Å². The number of aryl methyl sites for hydroxylation is 1. The molecule has 0 saturated carbocycles. The number of piperidine rings is 2. The maximum absolute atomic E-state index is 12.9. The highest BCUT2D eigenvalue weighted by Gasteiger charge is 2.30. The average Bonchev–Trinajstić information content (AvgIpc) is 3.47. The maximum Gasteiger partial charge on any atom is 0.416 e. The zero-order chi connectivity index (χ0) is 29.5. The number of rotatable bonds is 9. The molecule has 0 unspecified atom stereocenters. The van der Waals surface area contributed by atoms with Crippen LogP contribution in [0.2, 0.25) is 0 Å². The van der Waals surface area contributed by atoms with E-state index in [1.807, 2.05) is 24.3 Å².